The number of aryl methyl sites for hydroxylation is 2. The Balaban J connectivity index is 1.95. The Bertz CT molecular complexity index is 789. The lowest BCUT2D eigenvalue weighted by Gasteiger charge is -2.09. The van der Waals surface area contributed by atoms with Crippen molar-refractivity contribution in [1.82, 2.24) is 9.97 Å². The van der Waals surface area contributed by atoms with E-state index in [-0.39, 0.29) is 5.91 Å². The zero-order valence-corrected chi connectivity index (χ0v) is 11.4. The number of benzene rings is 2. The number of carbonyl (C=O) groups excluding carboxylic acids is 1. The lowest BCUT2D eigenvalue weighted by molar-refractivity contribution is 0.102. The molecule has 2 aromatic carbocycles. The molecule has 100 valence electrons. The summed E-state index contributed by atoms with van der Waals surface area (Å²) in [7, 11) is 0. The van der Waals surface area contributed by atoms with E-state index < -0.39 is 0 Å². The van der Waals surface area contributed by atoms with Crippen molar-refractivity contribution < 1.29 is 4.79 Å². The maximum Gasteiger partial charge on any atom is 0.257 e. The highest BCUT2D eigenvalue weighted by Crippen LogP contribution is 2.19. The summed E-state index contributed by atoms with van der Waals surface area (Å²) >= 11 is 0. The van der Waals surface area contributed by atoms with Crippen molar-refractivity contribution in [3.63, 3.8) is 0 Å². The minimum atomic E-state index is -0.144. The summed E-state index contributed by atoms with van der Waals surface area (Å²) in [5, 5.41) is 2.94. The van der Waals surface area contributed by atoms with Gasteiger partial charge in [0, 0.05) is 5.69 Å². The SMILES string of the molecule is Cc1ccc(NC(=O)c2cccc3[nH]cnc23)c(C)c1. The van der Waals surface area contributed by atoms with Gasteiger partial charge in [0.1, 0.15) is 5.52 Å². The summed E-state index contributed by atoms with van der Waals surface area (Å²) in [6.07, 6.45) is 1.60. The van der Waals surface area contributed by atoms with Crippen LogP contribution >= 0.6 is 0 Å². The van der Waals surface area contributed by atoms with Gasteiger partial charge in [0.05, 0.1) is 17.4 Å². The van der Waals surface area contributed by atoms with Crippen LogP contribution in [0.2, 0.25) is 0 Å². The fraction of sp³-hybridized carbons (Fsp3) is 0.125. The zero-order chi connectivity index (χ0) is 14.1. The van der Waals surface area contributed by atoms with Crippen molar-refractivity contribution in [2.45, 2.75) is 13.8 Å². The quantitative estimate of drug-likeness (QED) is 0.745. The van der Waals surface area contributed by atoms with Gasteiger partial charge in [-0.2, -0.15) is 0 Å². The molecular weight excluding hydrogens is 250 g/mol. The van der Waals surface area contributed by atoms with Gasteiger partial charge in [0.2, 0.25) is 0 Å². The minimum Gasteiger partial charge on any atom is -0.345 e. The number of hydrogen-bond donors (Lipinski definition) is 2. The van der Waals surface area contributed by atoms with Gasteiger partial charge in [-0.15, -0.1) is 0 Å². The number of hydrogen-bond acceptors (Lipinski definition) is 2. The van der Waals surface area contributed by atoms with E-state index in [0.717, 1.165) is 16.8 Å². The minimum absolute atomic E-state index is 0.144. The first-order valence-electron chi connectivity index (χ1n) is 6.46. The van der Waals surface area contributed by atoms with Crippen LogP contribution in [-0.2, 0) is 0 Å². The molecule has 0 aliphatic heterocycles. The molecule has 1 heterocycles. The molecule has 20 heavy (non-hydrogen) atoms. The molecule has 0 saturated carbocycles. The Labute approximate surface area is 116 Å². The topological polar surface area (TPSA) is 57.8 Å². The molecule has 3 aromatic rings. The van der Waals surface area contributed by atoms with E-state index >= 15 is 0 Å². The normalized spacial score (nSPS) is 10.7. The molecule has 0 aliphatic carbocycles. The van der Waals surface area contributed by atoms with E-state index in [9.17, 15) is 4.79 Å². The number of nitrogens with one attached hydrogen (secondary N) is 2. The maximum absolute atomic E-state index is 12.4. The van der Waals surface area contributed by atoms with Crippen molar-refractivity contribution in [3.8, 4) is 0 Å². The van der Waals surface area contributed by atoms with Crippen LogP contribution in [0.1, 0.15) is 21.5 Å². The van der Waals surface area contributed by atoms with Gasteiger partial charge in [-0.3, -0.25) is 4.79 Å². The van der Waals surface area contributed by atoms with Gasteiger partial charge in [-0.1, -0.05) is 23.8 Å². The van der Waals surface area contributed by atoms with E-state index in [2.05, 4.69) is 15.3 Å². The molecule has 0 bridgehead atoms. The van der Waals surface area contributed by atoms with E-state index in [4.69, 9.17) is 0 Å². The van der Waals surface area contributed by atoms with Crippen LogP contribution < -0.4 is 5.32 Å². The number of rotatable bonds is 2. The van der Waals surface area contributed by atoms with E-state index in [1.54, 1.807) is 12.4 Å². The third-order valence-electron chi connectivity index (χ3n) is 3.32. The fourth-order valence-electron chi connectivity index (χ4n) is 2.29. The molecule has 1 aromatic heterocycles. The van der Waals surface area contributed by atoms with Gasteiger partial charge in [-0.25, -0.2) is 4.98 Å². The molecule has 0 atom stereocenters. The summed E-state index contributed by atoms with van der Waals surface area (Å²) in [5.41, 5.74) is 5.17. The Kier molecular flexibility index (Phi) is 2.99. The Morgan fingerprint density at radius 2 is 2.05 bits per heavy atom. The molecule has 0 saturated heterocycles. The predicted octanol–water partition coefficient (Wildman–Crippen LogP) is 3.43. The van der Waals surface area contributed by atoms with Crippen molar-refractivity contribution in [1.29, 1.82) is 0 Å². The Morgan fingerprint density at radius 3 is 2.85 bits per heavy atom. The average Bonchev–Trinajstić information content (AvgIpc) is 2.90. The number of nitrogens with zero attached hydrogens (tertiary/aromatic N) is 1. The van der Waals surface area contributed by atoms with Crippen LogP contribution in [-0.4, -0.2) is 15.9 Å². The van der Waals surface area contributed by atoms with Gasteiger partial charge in [0.25, 0.3) is 5.91 Å². The zero-order valence-electron chi connectivity index (χ0n) is 11.4. The van der Waals surface area contributed by atoms with Gasteiger partial charge < -0.3 is 10.3 Å². The number of fused-ring (bicyclic) bond motifs is 1. The molecule has 3 rings (SSSR count). The molecule has 0 radical (unpaired) electrons. The number of anilines is 1. The average molecular weight is 265 g/mol. The molecular formula is C16H15N3O. The Morgan fingerprint density at radius 1 is 1.20 bits per heavy atom. The maximum atomic E-state index is 12.4. The smallest absolute Gasteiger partial charge is 0.257 e. The second-order valence-corrected chi connectivity index (χ2v) is 4.88. The fourth-order valence-corrected chi connectivity index (χ4v) is 2.29. The van der Waals surface area contributed by atoms with E-state index in [1.165, 1.54) is 5.56 Å². The van der Waals surface area contributed by atoms with E-state index in [0.29, 0.717) is 11.1 Å². The van der Waals surface area contributed by atoms with Crippen LogP contribution in [0.3, 0.4) is 0 Å². The molecule has 0 aliphatic rings. The van der Waals surface area contributed by atoms with Gasteiger partial charge >= 0.3 is 0 Å². The monoisotopic (exact) mass is 265 g/mol. The standard InChI is InChI=1S/C16H15N3O/c1-10-6-7-13(11(2)8-10)19-16(20)12-4-3-5-14-15(12)18-9-17-14/h3-9H,1-2H3,(H,17,18)(H,19,20). The first kappa shape index (κ1) is 12.4. The summed E-state index contributed by atoms with van der Waals surface area (Å²) in [6.45, 7) is 4.01. The number of aromatic nitrogens is 2. The molecule has 4 heteroatoms. The largest absolute Gasteiger partial charge is 0.345 e. The Hall–Kier alpha value is -2.62. The highest BCUT2D eigenvalue weighted by Gasteiger charge is 2.12. The highest BCUT2D eigenvalue weighted by atomic mass is 16.1. The second-order valence-electron chi connectivity index (χ2n) is 4.88. The van der Waals surface area contributed by atoms with Crippen LogP contribution in [0.15, 0.2) is 42.7 Å². The van der Waals surface area contributed by atoms with Crippen LogP contribution in [0.25, 0.3) is 11.0 Å². The molecule has 0 unspecified atom stereocenters. The lowest BCUT2D eigenvalue weighted by Crippen LogP contribution is -2.13. The molecule has 0 spiro atoms. The van der Waals surface area contributed by atoms with E-state index in [1.807, 2.05) is 44.2 Å². The third kappa shape index (κ3) is 2.16. The van der Waals surface area contributed by atoms with Crippen molar-refractivity contribution in [3.05, 3.63) is 59.4 Å². The van der Waals surface area contributed by atoms with Crippen LogP contribution in [0.5, 0.6) is 0 Å². The number of imidazole rings is 1. The first-order chi connectivity index (χ1) is 9.65. The number of H-pyrrole nitrogens is 1. The molecule has 4 nitrogen and oxygen atoms in total. The van der Waals surface area contributed by atoms with Gasteiger partial charge in [-0.05, 0) is 37.6 Å². The van der Waals surface area contributed by atoms with Crippen LogP contribution in [0.4, 0.5) is 5.69 Å². The lowest BCUT2D eigenvalue weighted by atomic mass is 10.1. The second kappa shape index (κ2) is 4.81. The van der Waals surface area contributed by atoms with Crippen molar-refractivity contribution >= 4 is 22.6 Å². The molecule has 1 amide bonds. The third-order valence-corrected chi connectivity index (χ3v) is 3.32. The predicted molar refractivity (Wildman–Crippen MR) is 80.0 cm³/mol. The first-order valence-corrected chi connectivity index (χ1v) is 6.46. The number of para-hydroxylation sites is 1. The number of aromatic amines is 1. The molecule has 2 N–H and O–H groups in total. The summed E-state index contributed by atoms with van der Waals surface area (Å²) in [5.74, 6) is -0.144. The number of carbonyl (C=O) groups is 1. The van der Waals surface area contributed by atoms with Crippen molar-refractivity contribution in [2.75, 3.05) is 5.32 Å². The number of amides is 1. The van der Waals surface area contributed by atoms with Crippen LogP contribution in [0, 0.1) is 13.8 Å². The summed E-state index contributed by atoms with van der Waals surface area (Å²) < 4.78 is 0. The molecule has 0 fully saturated rings. The highest BCUT2D eigenvalue weighted by molar-refractivity contribution is 6.11. The summed E-state index contributed by atoms with van der Waals surface area (Å²) in [6, 6.07) is 11.5. The summed E-state index contributed by atoms with van der Waals surface area (Å²) in [4.78, 5) is 19.6. The van der Waals surface area contributed by atoms with Gasteiger partial charge in [0.15, 0.2) is 0 Å². The van der Waals surface area contributed by atoms with Crippen molar-refractivity contribution in [2.24, 2.45) is 0 Å².